The first-order chi connectivity index (χ1) is 12.2. The molecule has 1 aliphatic heterocycles. The predicted molar refractivity (Wildman–Crippen MR) is 94.3 cm³/mol. The molecule has 4 rings (SSSR count). The molecule has 0 amide bonds. The van der Waals surface area contributed by atoms with Gasteiger partial charge in [-0.05, 0) is 32.1 Å². The van der Waals surface area contributed by atoms with Crippen LogP contribution in [-0.4, -0.2) is 20.2 Å². The summed E-state index contributed by atoms with van der Waals surface area (Å²) >= 11 is 0. The molecule has 0 saturated heterocycles. The lowest BCUT2D eigenvalue weighted by Gasteiger charge is -2.26. The standard InChI is InChI=1S/C20H21FN2O2/c1-22-10-5-11-24-23-19-16-9-8-15(21)12-18(16)25-20(13-17(19)20)14-6-3-2-4-7-14/h2-4,6-9,12,22-23H,5,10-11,13H2,1H3. The number of rotatable bonds is 7. The van der Waals surface area contributed by atoms with Crippen molar-refractivity contribution in [2.45, 2.75) is 18.4 Å². The van der Waals surface area contributed by atoms with Gasteiger partial charge in [-0.15, -0.1) is 0 Å². The summed E-state index contributed by atoms with van der Waals surface area (Å²) < 4.78 is 20.0. The van der Waals surface area contributed by atoms with Crippen LogP contribution >= 0.6 is 0 Å². The van der Waals surface area contributed by atoms with Crippen molar-refractivity contribution in [1.82, 2.24) is 10.8 Å². The van der Waals surface area contributed by atoms with Crippen molar-refractivity contribution in [1.29, 1.82) is 0 Å². The van der Waals surface area contributed by atoms with Crippen molar-refractivity contribution in [2.24, 2.45) is 0 Å². The van der Waals surface area contributed by atoms with E-state index in [1.54, 1.807) is 6.07 Å². The van der Waals surface area contributed by atoms with Crippen molar-refractivity contribution < 1.29 is 14.0 Å². The Bertz CT molecular complexity index is 807. The number of fused-ring (bicyclic) bond motifs is 2. The zero-order chi connectivity index (χ0) is 17.3. The predicted octanol–water partition coefficient (Wildman–Crippen LogP) is 3.36. The molecule has 2 aromatic carbocycles. The van der Waals surface area contributed by atoms with Gasteiger partial charge in [-0.3, -0.25) is 10.3 Å². The minimum atomic E-state index is -0.501. The normalized spacial score (nSPS) is 20.6. The molecule has 1 aliphatic carbocycles. The summed E-state index contributed by atoms with van der Waals surface area (Å²) in [5.41, 5.74) is 6.55. The summed E-state index contributed by atoms with van der Waals surface area (Å²) in [4.78, 5) is 5.64. The van der Waals surface area contributed by atoms with Gasteiger partial charge in [0, 0.05) is 29.2 Å². The number of hydrogen-bond donors (Lipinski definition) is 2. The lowest BCUT2D eigenvalue weighted by atomic mass is 10.0. The molecular formula is C20H21FN2O2. The Labute approximate surface area is 146 Å². The minimum Gasteiger partial charge on any atom is -0.477 e. The average molecular weight is 340 g/mol. The molecule has 0 bridgehead atoms. The van der Waals surface area contributed by atoms with E-state index in [0.29, 0.717) is 12.4 Å². The monoisotopic (exact) mass is 340 g/mol. The molecule has 1 fully saturated rings. The Morgan fingerprint density at radius 3 is 2.84 bits per heavy atom. The van der Waals surface area contributed by atoms with Gasteiger partial charge in [0.05, 0.1) is 12.3 Å². The molecule has 0 radical (unpaired) electrons. The number of halogens is 1. The Balaban J connectivity index is 1.64. The molecular weight excluding hydrogens is 319 g/mol. The van der Waals surface area contributed by atoms with Gasteiger partial charge < -0.3 is 10.1 Å². The zero-order valence-electron chi connectivity index (χ0n) is 14.1. The van der Waals surface area contributed by atoms with Crippen LogP contribution in [-0.2, 0) is 10.4 Å². The SMILES string of the molecule is CNCCCONC1=C2CC2(c2ccccc2)Oc2cc(F)ccc21. The van der Waals surface area contributed by atoms with Crippen LogP contribution in [0.1, 0.15) is 24.0 Å². The fourth-order valence-corrected chi connectivity index (χ4v) is 3.33. The average Bonchev–Trinajstić information content (AvgIpc) is 3.37. The second kappa shape index (κ2) is 6.50. The maximum Gasteiger partial charge on any atom is 0.162 e. The Morgan fingerprint density at radius 1 is 1.20 bits per heavy atom. The molecule has 25 heavy (non-hydrogen) atoms. The largest absolute Gasteiger partial charge is 0.477 e. The molecule has 1 saturated carbocycles. The third kappa shape index (κ3) is 2.90. The molecule has 4 nitrogen and oxygen atoms in total. The van der Waals surface area contributed by atoms with Crippen molar-refractivity contribution in [2.75, 3.05) is 20.2 Å². The van der Waals surface area contributed by atoms with Gasteiger partial charge in [-0.25, -0.2) is 4.39 Å². The van der Waals surface area contributed by atoms with Gasteiger partial charge in [0.1, 0.15) is 11.6 Å². The van der Waals surface area contributed by atoms with E-state index < -0.39 is 5.60 Å². The highest BCUT2D eigenvalue weighted by Crippen LogP contribution is 2.61. The second-order valence-electron chi connectivity index (χ2n) is 6.37. The van der Waals surface area contributed by atoms with Crippen LogP contribution < -0.4 is 15.5 Å². The maximum absolute atomic E-state index is 13.7. The van der Waals surface area contributed by atoms with Crippen LogP contribution in [0.15, 0.2) is 54.1 Å². The Hall–Kier alpha value is -2.37. The van der Waals surface area contributed by atoms with Crippen LogP contribution in [0.5, 0.6) is 5.75 Å². The van der Waals surface area contributed by atoms with Crippen LogP contribution in [0, 0.1) is 5.82 Å². The van der Waals surface area contributed by atoms with E-state index in [-0.39, 0.29) is 5.82 Å². The summed E-state index contributed by atoms with van der Waals surface area (Å²) in [5, 5.41) is 3.09. The number of benzene rings is 2. The lowest BCUT2D eigenvalue weighted by molar-refractivity contribution is 0.0748. The van der Waals surface area contributed by atoms with Gasteiger partial charge in [0.15, 0.2) is 5.60 Å². The van der Waals surface area contributed by atoms with E-state index in [0.717, 1.165) is 41.8 Å². The summed E-state index contributed by atoms with van der Waals surface area (Å²) in [7, 11) is 1.92. The summed E-state index contributed by atoms with van der Waals surface area (Å²) in [6.45, 7) is 1.49. The maximum atomic E-state index is 13.7. The van der Waals surface area contributed by atoms with Gasteiger partial charge in [0.2, 0.25) is 0 Å². The summed E-state index contributed by atoms with van der Waals surface area (Å²) in [6, 6.07) is 14.7. The first kappa shape index (κ1) is 16.1. The molecule has 2 aromatic rings. The van der Waals surface area contributed by atoms with Crippen molar-refractivity contribution in [3.8, 4) is 5.75 Å². The van der Waals surface area contributed by atoms with Crippen LogP contribution in [0.4, 0.5) is 4.39 Å². The molecule has 0 spiro atoms. The Kier molecular flexibility index (Phi) is 4.19. The van der Waals surface area contributed by atoms with Crippen LogP contribution in [0.25, 0.3) is 5.70 Å². The van der Waals surface area contributed by atoms with Crippen molar-refractivity contribution in [3.05, 3.63) is 71.0 Å². The number of nitrogens with one attached hydrogen (secondary N) is 2. The highest BCUT2D eigenvalue weighted by Gasteiger charge is 2.58. The van der Waals surface area contributed by atoms with E-state index in [1.165, 1.54) is 12.1 Å². The third-order valence-electron chi connectivity index (χ3n) is 4.67. The molecule has 5 heteroatoms. The lowest BCUT2D eigenvalue weighted by Crippen LogP contribution is -2.25. The summed E-state index contributed by atoms with van der Waals surface area (Å²) in [5.74, 6) is 0.242. The van der Waals surface area contributed by atoms with Crippen molar-refractivity contribution in [3.63, 3.8) is 0 Å². The number of hydroxylamine groups is 1. The molecule has 0 aromatic heterocycles. The van der Waals surface area contributed by atoms with E-state index in [4.69, 9.17) is 9.57 Å². The molecule has 2 N–H and O–H groups in total. The fourth-order valence-electron chi connectivity index (χ4n) is 3.33. The van der Waals surface area contributed by atoms with Crippen molar-refractivity contribution >= 4 is 5.70 Å². The second-order valence-corrected chi connectivity index (χ2v) is 6.37. The highest BCUT2D eigenvalue weighted by atomic mass is 19.1. The Morgan fingerprint density at radius 2 is 2.04 bits per heavy atom. The number of hydrogen-bond acceptors (Lipinski definition) is 4. The first-order valence-electron chi connectivity index (χ1n) is 8.55. The third-order valence-corrected chi connectivity index (χ3v) is 4.67. The topological polar surface area (TPSA) is 42.5 Å². The quantitative estimate of drug-likeness (QED) is 0.599. The van der Waals surface area contributed by atoms with Gasteiger partial charge in [-0.1, -0.05) is 30.3 Å². The molecule has 1 heterocycles. The van der Waals surface area contributed by atoms with E-state index >= 15 is 0 Å². The first-order valence-corrected chi connectivity index (χ1v) is 8.55. The fraction of sp³-hybridized carbons (Fsp3) is 0.300. The van der Waals surface area contributed by atoms with Crippen LogP contribution in [0.3, 0.4) is 0 Å². The van der Waals surface area contributed by atoms with Crippen LogP contribution in [0.2, 0.25) is 0 Å². The molecule has 130 valence electrons. The van der Waals surface area contributed by atoms with Gasteiger partial charge in [-0.2, -0.15) is 0 Å². The highest BCUT2D eigenvalue weighted by molar-refractivity contribution is 5.80. The number of ether oxygens (including phenoxy) is 1. The van der Waals surface area contributed by atoms with Gasteiger partial charge >= 0.3 is 0 Å². The summed E-state index contributed by atoms with van der Waals surface area (Å²) in [6.07, 6.45) is 1.68. The van der Waals surface area contributed by atoms with E-state index in [9.17, 15) is 4.39 Å². The van der Waals surface area contributed by atoms with E-state index in [2.05, 4.69) is 10.8 Å². The smallest absolute Gasteiger partial charge is 0.162 e. The molecule has 1 atom stereocenters. The minimum absolute atomic E-state index is 0.305. The molecule has 2 aliphatic rings. The zero-order valence-corrected chi connectivity index (χ0v) is 14.1. The van der Waals surface area contributed by atoms with Gasteiger partial charge in [0.25, 0.3) is 0 Å². The van der Waals surface area contributed by atoms with E-state index in [1.807, 2.05) is 37.4 Å². The molecule has 1 unspecified atom stereocenters.